The highest BCUT2D eigenvalue weighted by Crippen LogP contribution is 2.29. The average Bonchev–Trinajstić information content (AvgIpc) is 3.35. The number of anilines is 1. The molecule has 1 aliphatic heterocycles. The second-order valence-corrected chi connectivity index (χ2v) is 12.2. The number of carbonyl (C=O) groups excluding carboxylic acids is 1. The summed E-state index contributed by atoms with van der Waals surface area (Å²) in [6, 6.07) is 6.06. The van der Waals surface area contributed by atoms with Crippen molar-refractivity contribution in [2.75, 3.05) is 43.4 Å². The fraction of sp³-hybridized carbons (Fsp3) is 0.538. The van der Waals surface area contributed by atoms with E-state index in [1.165, 1.54) is 22.9 Å². The Morgan fingerprint density at radius 2 is 1.76 bits per heavy atom. The molecule has 0 saturated carbocycles. The largest absolute Gasteiger partial charge is 0.356 e. The van der Waals surface area contributed by atoms with Crippen molar-refractivity contribution in [3.8, 4) is 0 Å². The van der Waals surface area contributed by atoms with Crippen molar-refractivity contribution in [1.82, 2.24) is 29.4 Å². The lowest BCUT2D eigenvalue weighted by Gasteiger charge is -2.28. The number of benzene rings is 1. The van der Waals surface area contributed by atoms with E-state index >= 15 is 0 Å². The molecule has 1 aromatic carbocycles. The Bertz CT molecular complexity index is 1330. The average molecular weight is 560 g/mol. The first-order valence-corrected chi connectivity index (χ1v) is 15.8. The Balaban J connectivity index is 1.45. The smallest absolute Gasteiger partial charge is 0.251 e. The molecule has 3 heterocycles. The van der Waals surface area contributed by atoms with Crippen LogP contribution in [0.15, 0.2) is 40.5 Å². The zero-order valence-corrected chi connectivity index (χ0v) is 24.0. The molecule has 0 spiro atoms. The van der Waals surface area contributed by atoms with Crippen molar-refractivity contribution in [1.29, 1.82) is 0 Å². The Labute approximate surface area is 229 Å². The molecule has 38 heavy (non-hydrogen) atoms. The summed E-state index contributed by atoms with van der Waals surface area (Å²) in [6.07, 6.45) is 6.43. The minimum atomic E-state index is -3.56. The molecule has 0 unspecified atom stereocenters. The molecule has 3 aromatic rings. The van der Waals surface area contributed by atoms with Crippen molar-refractivity contribution in [2.24, 2.45) is 0 Å². The lowest BCUT2D eigenvalue weighted by atomic mass is 10.1. The van der Waals surface area contributed by atoms with Gasteiger partial charge in [0.15, 0.2) is 10.8 Å². The summed E-state index contributed by atoms with van der Waals surface area (Å²) < 4.78 is 28.6. The predicted octanol–water partition coefficient (Wildman–Crippen LogP) is 3.78. The molecule has 1 amide bonds. The van der Waals surface area contributed by atoms with Gasteiger partial charge in [0.2, 0.25) is 10.0 Å². The number of hydrogen-bond donors (Lipinski definition) is 1. The van der Waals surface area contributed by atoms with Crippen LogP contribution in [0.25, 0.3) is 11.0 Å². The van der Waals surface area contributed by atoms with Gasteiger partial charge in [-0.2, -0.15) is 9.40 Å². The van der Waals surface area contributed by atoms with Crippen LogP contribution in [0.5, 0.6) is 0 Å². The third-order valence-electron chi connectivity index (χ3n) is 6.62. The Hall–Kier alpha value is -2.70. The van der Waals surface area contributed by atoms with E-state index in [9.17, 15) is 13.2 Å². The number of fused-ring (bicyclic) bond motifs is 1. The molecule has 0 bridgehead atoms. The number of piperidine rings is 1. The summed E-state index contributed by atoms with van der Waals surface area (Å²) in [6.45, 7) is 9.32. The number of nitrogens with one attached hydrogen (secondary N) is 1. The fourth-order valence-corrected chi connectivity index (χ4v) is 6.70. The molecule has 4 rings (SSSR count). The van der Waals surface area contributed by atoms with Gasteiger partial charge in [0.05, 0.1) is 23.0 Å². The molecule has 0 aliphatic carbocycles. The molecule has 206 valence electrons. The van der Waals surface area contributed by atoms with Crippen molar-refractivity contribution in [3.63, 3.8) is 0 Å². The quantitative estimate of drug-likeness (QED) is 0.264. The van der Waals surface area contributed by atoms with Gasteiger partial charge < -0.3 is 10.2 Å². The van der Waals surface area contributed by atoms with Crippen molar-refractivity contribution in [3.05, 3.63) is 36.0 Å². The second-order valence-electron chi connectivity index (χ2n) is 9.20. The van der Waals surface area contributed by atoms with Gasteiger partial charge in [-0.25, -0.2) is 23.1 Å². The zero-order valence-electron chi connectivity index (χ0n) is 22.4. The van der Waals surface area contributed by atoms with E-state index in [2.05, 4.69) is 22.2 Å². The van der Waals surface area contributed by atoms with Gasteiger partial charge in [-0.1, -0.05) is 32.5 Å². The number of sulfonamides is 1. The lowest BCUT2D eigenvalue weighted by molar-refractivity contribution is 0.0952. The third-order valence-corrected chi connectivity index (χ3v) is 9.73. The van der Waals surface area contributed by atoms with Gasteiger partial charge in [0, 0.05) is 44.0 Å². The summed E-state index contributed by atoms with van der Waals surface area (Å²) in [5.74, 6) is 1.63. The molecule has 0 radical (unpaired) electrons. The summed E-state index contributed by atoms with van der Waals surface area (Å²) in [5, 5.41) is 9.17. The van der Waals surface area contributed by atoms with Crippen LogP contribution in [0.1, 0.15) is 56.8 Å². The van der Waals surface area contributed by atoms with E-state index in [-0.39, 0.29) is 10.8 Å². The summed E-state index contributed by atoms with van der Waals surface area (Å²) >= 11 is 1.65. The Morgan fingerprint density at radius 1 is 1.05 bits per heavy atom. The molecule has 0 atom stereocenters. The Morgan fingerprint density at radius 3 is 2.42 bits per heavy atom. The highest BCUT2D eigenvalue weighted by atomic mass is 32.2. The molecule has 1 aliphatic rings. The van der Waals surface area contributed by atoms with Gasteiger partial charge in [-0.05, 0) is 49.9 Å². The van der Waals surface area contributed by atoms with Crippen molar-refractivity contribution < 1.29 is 13.2 Å². The number of carbonyl (C=O) groups is 1. The number of nitrogens with zero attached hydrogens (tertiary/aromatic N) is 6. The molecular formula is C26H37N7O3S2. The molecule has 1 saturated heterocycles. The minimum Gasteiger partial charge on any atom is -0.356 e. The van der Waals surface area contributed by atoms with E-state index in [4.69, 9.17) is 9.97 Å². The van der Waals surface area contributed by atoms with Gasteiger partial charge >= 0.3 is 0 Å². The standard InChI is InChI=1S/C26H37N7O3S2/c1-4-18-37-26-29-23(31-15-8-7-9-16-31)22-19-28-33(24(22)30-26)17-14-27-25(34)20-10-12-21(13-11-20)38(35,36)32(5-2)6-3/h10-13,19H,4-9,14-18H2,1-3H3,(H,27,34). The number of hydrogen-bond acceptors (Lipinski definition) is 8. The van der Waals surface area contributed by atoms with E-state index < -0.39 is 10.0 Å². The third kappa shape index (κ3) is 6.29. The molecule has 1 fully saturated rings. The maximum atomic E-state index is 12.7. The highest BCUT2D eigenvalue weighted by molar-refractivity contribution is 7.99. The van der Waals surface area contributed by atoms with Crippen molar-refractivity contribution >= 4 is 44.5 Å². The van der Waals surface area contributed by atoms with Crippen LogP contribution in [0, 0.1) is 0 Å². The van der Waals surface area contributed by atoms with E-state index in [0.29, 0.717) is 31.7 Å². The SMILES string of the molecule is CCCSc1nc(N2CCCCC2)c2cnn(CCNC(=O)c3ccc(S(=O)(=O)N(CC)CC)cc3)c2n1. The van der Waals surface area contributed by atoms with Gasteiger partial charge in [-0.15, -0.1) is 0 Å². The number of amides is 1. The molecular weight excluding hydrogens is 522 g/mol. The van der Waals surface area contributed by atoms with Crippen molar-refractivity contribution in [2.45, 2.75) is 63.1 Å². The van der Waals surface area contributed by atoms with Crippen LogP contribution in [0.2, 0.25) is 0 Å². The van der Waals surface area contributed by atoms with Crippen LogP contribution < -0.4 is 10.2 Å². The van der Waals surface area contributed by atoms with Crippen LogP contribution in [-0.4, -0.2) is 76.9 Å². The Kier molecular flexibility index (Phi) is 9.61. The maximum absolute atomic E-state index is 12.7. The topological polar surface area (TPSA) is 113 Å². The first-order valence-electron chi connectivity index (χ1n) is 13.4. The van der Waals surface area contributed by atoms with Gasteiger partial charge in [0.1, 0.15) is 5.82 Å². The van der Waals surface area contributed by atoms with Crippen LogP contribution in [-0.2, 0) is 16.6 Å². The summed E-state index contributed by atoms with van der Waals surface area (Å²) in [4.78, 5) is 24.9. The first-order chi connectivity index (χ1) is 18.4. The van der Waals surface area contributed by atoms with E-state index in [0.717, 1.165) is 60.1 Å². The molecule has 1 N–H and O–H groups in total. The molecule has 12 heteroatoms. The monoisotopic (exact) mass is 559 g/mol. The first kappa shape index (κ1) is 28.3. The predicted molar refractivity (Wildman–Crippen MR) is 151 cm³/mol. The molecule has 10 nitrogen and oxygen atoms in total. The number of rotatable bonds is 12. The van der Waals surface area contributed by atoms with Gasteiger partial charge in [0.25, 0.3) is 5.91 Å². The number of thioether (sulfide) groups is 1. The molecule has 2 aromatic heterocycles. The zero-order chi connectivity index (χ0) is 27.1. The van der Waals surface area contributed by atoms with Crippen LogP contribution in [0.3, 0.4) is 0 Å². The van der Waals surface area contributed by atoms with E-state index in [1.54, 1.807) is 37.7 Å². The normalized spacial score (nSPS) is 14.4. The maximum Gasteiger partial charge on any atom is 0.251 e. The minimum absolute atomic E-state index is 0.182. The second kappa shape index (κ2) is 12.9. The highest BCUT2D eigenvalue weighted by Gasteiger charge is 2.22. The van der Waals surface area contributed by atoms with Gasteiger partial charge in [-0.3, -0.25) is 4.79 Å². The summed E-state index contributed by atoms with van der Waals surface area (Å²) in [7, 11) is -3.56. The number of aromatic nitrogens is 4. The fourth-order valence-electron chi connectivity index (χ4n) is 4.56. The summed E-state index contributed by atoms with van der Waals surface area (Å²) in [5.41, 5.74) is 1.18. The van der Waals surface area contributed by atoms with E-state index in [1.807, 2.05) is 10.9 Å². The lowest BCUT2D eigenvalue weighted by Crippen LogP contribution is -2.31. The van der Waals surface area contributed by atoms with Crippen LogP contribution >= 0.6 is 11.8 Å². The van der Waals surface area contributed by atoms with Crippen LogP contribution in [0.4, 0.5) is 5.82 Å².